The third-order valence-electron chi connectivity index (χ3n) is 2.30. The molecule has 0 saturated heterocycles. The van der Waals surface area contributed by atoms with Crippen molar-refractivity contribution in [2.75, 3.05) is 7.11 Å². The van der Waals surface area contributed by atoms with Crippen molar-refractivity contribution in [1.82, 2.24) is 0 Å². The van der Waals surface area contributed by atoms with E-state index in [0.29, 0.717) is 29.6 Å². The Morgan fingerprint density at radius 1 is 1.41 bits per heavy atom. The van der Waals surface area contributed by atoms with Crippen LogP contribution in [0.15, 0.2) is 12.1 Å². The van der Waals surface area contributed by atoms with Crippen molar-refractivity contribution >= 4 is 6.29 Å². The lowest BCUT2D eigenvalue weighted by molar-refractivity contribution is -0.0505. The normalized spacial score (nSPS) is 10.4. The molecule has 17 heavy (non-hydrogen) atoms. The van der Waals surface area contributed by atoms with Gasteiger partial charge in [0.2, 0.25) is 0 Å². The van der Waals surface area contributed by atoms with Gasteiger partial charge in [-0.25, -0.2) is 0 Å². The number of hydrogen-bond acceptors (Lipinski definition) is 3. The Kier molecular flexibility index (Phi) is 4.87. The second kappa shape index (κ2) is 6.18. The Labute approximate surface area is 98.3 Å². The summed E-state index contributed by atoms with van der Waals surface area (Å²) in [5, 5.41) is 0. The number of benzene rings is 1. The van der Waals surface area contributed by atoms with E-state index < -0.39 is 6.61 Å². The van der Waals surface area contributed by atoms with Crippen molar-refractivity contribution in [2.45, 2.75) is 26.4 Å². The van der Waals surface area contributed by atoms with Gasteiger partial charge in [-0.3, -0.25) is 4.79 Å². The van der Waals surface area contributed by atoms with Crippen molar-refractivity contribution in [3.8, 4) is 11.5 Å². The molecule has 94 valence electrons. The van der Waals surface area contributed by atoms with Crippen molar-refractivity contribution in [3.63, 3.8) is 0 Å². The topological polar surface area (TPSA) is 35.5 Å². The molecule has 0 N–H and O–H groups in total. The quantitative estimate of drug-likeness (QED) is 0.721. The Hall–Kier alpha value is -1.65. The molecule has 0 bridgehead atoms. The van der Waals surface area contributed by atoms with Crippen molar-refractivity contribution < 1.29 is 23.0 Å². The second-order valence-corrected chi connectivity index (χ2v) is 3.41. The number of hydrogen-bond donors (Lipinski definition) is 0. The summed E-state index contributed by atoms with van der Waals surface area (Å²) in [5.74, 6) is 0.365. The van der Waals surface area contributed by atoms with Gasteiger partial charge in [-0.05, 0) is 18.6 Å². The SMILES string of the molecule is CCCc1c(OC(F)F)ccc(C=O)c1OC. The van der Waals surface area contributed by atoms with Crippen LogP contribution in [-0.4, -0.2) is 20.0 Å². The average Bonchev–Trinajstić information content (AvgIpc) is 2.30. The molecule has 0 spiro atoms. The molecule has 0 aliphatic rings. The maximum Gasteiger partial charge on any atom is 0.387 e. The van der Waals surface area contributed by atoms with Crippen LogP contribution < -0.4 is 9.47 Å². The molecule has 5 heteroatoms. The first-order chi connectivity index (χ1) is 8.13. The molecule has 0 heterocycles. The summed E-state index contributed by atoms with van der Waals surface area (Å²) in [5.41, 5.74) is 0.831. The largest absolute Gasteiger partial charge is 0.496 e. The zero-order valence-electron chi connectivity index (χ0n) is 9.70. The number of ether oxygens (including phenoxy) is 2. The monoisotopic (exact) mass is 244 g/mol. The third kappa shape index (κ3) is 3.15. The number of carbonyl (C=O) groups excluding carboxylic acids is 1. The Balaban J connectivity index is 3.25. The molecule has 0 radical (unpaired) electrons. The molecular formula is C12H14F2O3. The van der Waals surface area contributed by atoms with Gasteiger partial charge in [0.1, 0.15) is 11.5 Å². The predicted molar refractivity (Wildman–Crippen MR) is 59.0 cm³/mol. The molecular weight excluding hydrogens is 230 g/mol. The van der Waals surface area contributed by atoms with Gasteiger partial charge in [0.15, 0.2) is 6.29 Å². The maximum atomic E-state index is 12.2. The fourth-order valence-corrected chi connectivity index (χ4v) is 1.65. The highest BCUT2D eigenvalue weighted by molar-refractivity contribution is 5.81. The standard InChI is InChI=1S/C12H14F2O3/c1-3-4-9-10(17-12(13)14)6-5-8(7-15)11(9)16-2/h5-7,12H,3-4H2,1-2H3. The summed E-state index contributed by atoms with van der Waals surface area (Å²) in [4.78, 5) is 10.8. The molecule has 0 fully saturated rings. The third-order valence-corrected chi connectivity index (χ3v) is 2.30. The summed E-state index contributed by atoms with van der Waals surface area (Å²) in [7, 11) is 1.40. The van der Waals surface area contributed by atoms with Gasteiger partial charge in [-0.15, -0.1) is 0 Å². The minimum absolute atomic E-state index is 0.0595. The van der Waals surface area contributed by atoms with Crippen LogP contribution in [-0.2, 0) is 6.42 Å². The van der Waals surface area contributed by atoms with Crippen LogP contribution in [0.5, 0.6) is 11.5 Å². The maximum absolute atomic E-state index is 12.2. The molecule has 0 aliphatic heterocycles. The van der Waals surface area contributed by atoms with E-state index >= 15 is 0 Å². The Morgan fingerprint density at radius 3 is 2.59 bits per heavy atom. The first-order valence-electron chi connectivity index (χ1n) is 5.23. The molecule has 0 aromatic heterocycles. The average molecular weight is 244 g/mol. The molecule has 0 amide bonds. The molecule has 1 rings (SSSR count). The lowest BCUT2D eigenvalue weighted by Gasteiger charge is -2.15. The number of alkyl halides is 2. The summed E-state index contributed by atoms with van der Waals surface area (Å²) in [6, 6.07) is 2.77. The van der Waals surface area contributed by atoms with Crippen molar-refractivity contribution in [2.24, 2.45) is 0 Å². The summed E-state index contributed by atoms with van der Waals surface area (Å²) in [6.45, 7) is -0.989. The van der Waals surface area contributed by atoms with Crippen LogP contribution in [0.4, 0.5) is 8.78 Å². The van der Waals surface area contributed by atoms with E-state index in [1.807, 2.05) is 6.92 Å². The van der Waals surface area contributed by atoms with E-state index in [0.717, 1.165) is 6.42 Å². The summed E-state index contributed by atoms with van der Waals surface area (Å²) < 4.78 is 33.9. The number of methoxy groups -OCH3 is 1. The minimum atomic E-state index is -2.89. The number of aldehydes is 1. The van der Waals surface area contributed by atoms with E-state index in [-0.39, 0.29) is 5.75 Å². The lowest BCUT2D eigenvalue weighted by Crippen LogP contribution is -2.07. The van der Waals surface area contributed by atoms with Crippen LogP contribution in [0.25, 0.3) is 0 Å². The van der Waals surface area contributed by atoms with Gasteiger partial charge in [-0.2, -0.15) is 8.78 Å². The zero-order chi connectivity index (χ0) is 12.8. The molecule has 3 nitrogen and oxygen atoms in total. The predicted octanol–water partition coefficient (Wildman–Crippen LogP) is 3.06. The molecule has 0 saturated carbocycles. The molecule has 0 unspecified atom stereocenters. The summed E-state index contributed by atoms with van der Waals surface area (Å²) >= 11 is 0. The molecule has 1 aromatic carbocycles. The molecule has 1 aromatic rings. The van der Waals surface area contributed by atoms with Crippen LogP contribution in [0.2, 0.25) is 0 Å². The highest BCUT2D eigenvalue weighted by atomic mass is 19.3. The van der Waals surface area contributed by atoms with Crippen LogP contribution in [0.1, 0.15) is 29.3 Å². The lowest BCUT2D eigenvalue weighted by atomic mass is 10.0. The van der Waals surface area contributed by atoms with Gasteiger partial charge in [0, 0.05) is 5.56 Å². The molecule has 0 aliphatic carbocycles. The highest BCUT2D eigenvalue weighted by Gasteiger charge is 2.16. The van der Waals surface area contributed by atoms with Gasteiger partial charge in [-0.1, -0.05) is 13.3 Å². The van der Waals surface area contributed by atoms with Crippen molar-refractivity contribution in [1.29, 1.82) is 0 Å². The smallest absolute Gasteiger partial charge is 0.387 e. The highest BCUT2D eigenvalue weighted by Crippen LogP contribution is 2.33. The fraction of sp³-hybridized carbons (Fsp3) is 0.417. The van der Waals surface area contributed by atoms with Gasteiger partial charge in [0.25, 0.3) is 0 Å². The van der Waals surface area contributed by atoms with Crippen LogP contribution in [0, 0.1) is 0 Å². The first-order valence-corrected chi connectivity index (χ1v) is 5.23. The van der Waals surface area contributed by atoms with Gasteiger partial charge >= 0.3 is 6.61 Å². The molecule has 0 atom stereocenters. The summed E-state index contributed by atoms with van der Waals surface area (Å²) in [6.07, 6.45) is 1.87. The minimum Gasteiger partial charge on any atom is -0.496 e. The van der Waals surface area contributed by atoms with E-state index in [4.69, 9.17) is 4.74 Å². The van der Waals surface area contributed by atoms with E-state index in [1.165, 1.54) is 19.2 Å². The number of carbonyl (C=O) groups is 1. The first kappa shape index (κ1) is 13.4. The van der Waals surface area contributed by atoms with Crippen LogP contribution in [0.3, 0.4) is 0 Å². The second-order valence-electron chi connectivity index (χ2n) is 3.41. The van der Waals surface area contributed by atoms with Gasteiger partial charge < -0.3 is 9.47 Å². The zero-order valence-corrected chi connectivity index (χ0v) is 9.70. The van der Waals surface area contributed by atoms with E-state index in [2.05, 4.69) is 4.74 Å². The van der Waals surface area contributed by atoms with E-state index in [9.17, 15) is 13.6 Å². The van der Waals surface area contributed by atoms with Gasteiger partial charge in [0.05, 0.1) is 12.7 Å². The number of rotatable bonds is 6. The Morgan fingerprint density at radius 2 is 2.12 bits per heavy atom. The van der Waals surface area contributed by atoms with Crippen LogP contribution >= 0.6 is 0 Å². The fourth-order valence-electron chi connectivity index (χ4n) is 1.65. The Bertz CT molecular complexity index is 392. The number of halogens is 2. The van der Waals surface area contributed by atoms with E-state index in [1.54, 1.807) is 0 Å². The van der Waals surface area contributed by atoms with Crippen molar-refractivity contribution in [3.05, 3.63) is 23.3 Å².